The smallest absolute Gasteiger partial charge is 0.222 e. The lowest BCUT2D eigenvalue weighted by Crippen LogP contribution is -2.48. The molecule has 1 aliphatic rings. The van der Waals surface area contributed by atoms with Crippen molar-refractivity contribution in [2.75, 3.05) is 26.2 Å². The minimum atomic E-state index is 0.264. The summed E-state index contributed by atoms with van der Waals surface area (Å²) in [5.41, 5.74) is 1.13. The first-order valence-electron chi connectivity index (χ1n) is 7.73. The van der Waals surface area contributed by atoms with Gasteiger partial charge in [-0.3, -0.25) is 14.7 Å². The molecule has 0 unspecified atom stereocenters. The zero-order valence-corrected chi connectivity index (χ0v) is 13.5. The van der Waals surface area contributed by atoms with Crippen LogP contribution in [-0.4, -0.2) is 46.9 Å². The van der Waals surface area contributed by atoms with E-state index in [0.29, 0.717) is 6.42 Å². The predicted molar refractivity (Wildman–Crippen MR) is 88.7 cm³/mol. The number of rotatable bonds is 5. The molecule has 0 atom stereocenters. The Bertz CT molecular complexity index is 577. The number of thiophene rings is 1. The Morgan fingerprint density at radius 3 is 2.73 bits per heavy atom. The molecule has 4 nitrogen and oxygen atoms in total. The number of aromatic nitrogens is 1. The highest BCUT2D eigenvalue weighted by molar-refractivity contribution is 7.09. The molecule has 0 bridgehead atoms. The molecule has 22 heavy (non-hydrogen) atoms. The first-order valence-corrected chi connectivity index (χ1v) is 8.60. The SMILES string of the molecule is O=C(CCc1cccnc1)N1CCN(Cc2cccs2)CC1. The van der Waals surface area contributed by atoms with Gasteiger partial charge in [-0.15, -0.1) is 11.3 Å². The largest absolute Gasteiger partial charge is 0.340 e. The van der Waals surface area contributed by atoms with Crippen molar-refractivity contribution in [3.8, 4) is 0 Å². The second-order valence-corrected chi connectivity index (χ2v) is 6.63. The van der Waals surface area contributed by atoms with Gasteiger partial charge in [0.15, 0.2) is 0 Å². The van der Waals surface area contributed by atoms with Gasteiger partial charge in [0.2, 0.25) is 5.91 Å². The standard InChI is InChI=1S/C17H21N3OS/c21-17(6-5-15-3-1-7-18-13-15)20-10-8-19(9-11-20)14-16-4-2-12-22-16/h1-4,7,12-13H,5-6,8-11,14H2. The maximum absolute atomic E-state index is 12.3. The Balaban J connectivity index is 1.42. The summed E-state index contributed by atoms with van der Waals surface area (Å²) >= 11 is 1.80. The molecule has 3 heterocycles. The molecule has 3 rings (SSSR count). The number of amides is 1. The predicted octanol–water partition coefficient (Wildman–Crippen LogP) is 2.42. The summed E-state index contributed by atoms with van der Waals surface area (Å²) in [6, 6.07) is 8.22. The van der Waals surface area contributed by atoms with Crippen LogP contribution in [0.5, 0.6) is 0 Å². The van der Waals surface area contributed by atoms with E-state index in [1.54, 1.807) is 17.5 Å². The van der Waals surface area contributed by atoms with Gasteiger partial charge >= 0.3 is 0 Å². The number of hydrogen-bond donors (Lipinski definition) is 0. The van der Waals surface area contributed by atoms with Crippen LogP contribution in [0.2, 0.25) is 0 Å². The van der Waals surface area contributed by atoms with Crippen molar-refractivity contribution in [2.24, 2.45) is 0 Å². The summed E-state index contributed by atoms with van der Waals surface area (Å²) in [7, 11) is 0. The van der Waals surface area contributed by atoms with Crippen molar-refractivity contribution >= 4 is 17.2 Å². The molecule has 2 aromatic heterocycles. The highest BCUT2D eigenvalue weighted by atomic mass is 32.1. The van der Waals surface area contributed by atoms with Crippen LogP contribution in [0.3, 0.4) is 0 Å². The van der Waals surface area contributed by atoms with E-state index in [-0.39, 0.29) is 5.91 Å². The first-order chi connectivity index (χ1) is 10.8. The quantitative estimate of drug-likeness (QED) is 0.850. The van der Waals surface area contributed by atoms with Crippen LogP contribution >= 0.6 is 11.3 Å². The molecule has 0 saturated carbocycles. The van der Waals surface area contributed by atoms with E-state index in [1.165, 1.54) is 4.88 Å². The fourth-order valence-corrected chi connectivity index (χ4v) is 3.48. The summed E-state index contributed by atoms with van der Waals surface area (Å²) in [6.45, 7) is 4.64. The van der Waals surface area contributed by atoms with Crippen LogP contribution < -0.4 is 0 Å². The number of aryl methyl sites for hydroxylation is 1. The average molecular weight is 315 g/mol. The Morgan fingerprint density at radius 1 is 1.18 bits per heavy atom. The Hall–Kier alpha value is -1.72. The van der Waals surface area contributed by atoms with Gasteiger partial charge in [-0.05, 0) is 29.5 Å². The van der Waals surface area contributed by atoms with Crippen molar-refractivity contribution in [1.82, 2.24) is 14.8 Å². The van der Waals surface area contributed by atoms with Crippen LogP contribution in [0.4, 0.5) is 0 Å². The molecule has 0 aliphatic carbocycles. The van der Waals surface area contributed by atoms with E-state index in [4.69, 9.17) is 0 Å². The Kier molecular flexibility index (Phi) is 5.19. The zero-order chi connectivity index (χ0) is 15.2. The van der Waals surface area contributed by atoms with Crippen molar-refractivity contribution in [1.29, 1.82) is 0 Å². The monoisotopic (exact) mass is 315 g/mol. The van der Waals surface area contributed by atoms with Gasteiger partial charge in [0.25, 0.3) is 0 Å². The van der Waals surface area contributed by atoms with Crippen molar-refractivity contribution in [3.05, 3.63) is 52.5 Å². The van der Waals surface area contributed by atoms with Crippen LogP contribution in [0.25, 0.3) is 0 Å². The molecule has 1 aliphatic heterocycles. The first kappa shape index (κ1) is 15.2. The van der Waals surface area contributed by atoms with Gasteiger partial charge < -0.3 is 4.90 Å². The number of hydrogen-bond acceptors (Lipinski definition) is 4. The molecular weight excluding hydrogens is 294 g/mol. The molecule has 0 N–H and O–H groups in total. The Labute approximate surface area is 135 Å². The van der Waals surface area contributed by atoms with Crippen molar-refractivity contribution < 1.29 is 4.79 Å². The minimum Gasteiger partial charge on any atom is -0.340 e. The van der Waals surface area contributed by atoms with Gasteiger partial charge in [0.1, 0.15) is 0 Å². The van der Waals surface area contributed by atoms with E-state index in [0.717, 1.165) is 44.7 Å². The third-order valence-electron chi connectivity index (χ3n) is 4.03. The van der Waals surface area contributed by atoms with Crippen molar-refractivity contribution in [3.63, 3.8) is 0 Å². The number of carbonyl (C=O) groups is 1. The molecule has 0 radical (unpaired) electrons. The second-order valence-electron chi connectivity index (χ2n) is 5.60. The molecule has 1 amide bonds. The highest BCUT2D eigenvalue weighted by Crippen LogP contribution is 2.14. The normalized spacial score (nSPS) is 15.9. The lowest BCUT2D eigenvalue weighted by molar-refractivity contribution is -0.132. The molecule has 1 saturated heterocycles. The summed E-state index contributed by atoms with van der Waals surface area (Å²) in [5.74, 6) is 0.264. The highest BCUT2D eigenvalue weighted by Gasteiger charge is 2.20. The molecule has 5 heteroatoms. The summed E-state index contributed by atoms with van der Waals surface area (Å²) in [4.78, 5) is 22.2. The van der Waals surface area contributed by atoms with Crippen LogP contribution in [0.15, 0.2) is 42.0 Å². The fourth-order valence-electron chi connectivity index (χ4n) is 2.73. The molecule has 116 valence electrons. The van der Waals surface area contributed by atoms with Gasteiger partial charge in [-0.2, -0.15) is 0 Å². The molecule has 0 spiro atoms. The number of nitrogens with zero attached hydrogens (tertiary/aromatic N) is 3. The van der Waals surface area contributed by atoms with E-state index in [2.05, 4.69) is 27.4 Å². The number of carbonyl (C=O) groups excluding carboxylic acids is 1. The molecule has 1 fully saturated rings. The van der Waals surface area contributed by atoms with Crippen LogP contribution in [0.1, 0.15) is 16.9 Å². The summed E-state index contributed by atoms with van der Waals surface area (Å²) in [5, 5.41) is 2.12. The third-order valence-corrected chi connectivity index (χ3v) is 4.90. The van der Waals surface area contributed by atoms with Gasteiger partial charge in [0, 0.05) is 56.4 Å². The fraction of sp³-hybridized carbons (Fsp3) is 0.412. The molecule has 2 aromatic rings. The maximum atomic E-state index is 12.3. The van der Waals surface area contributed by atoms with Crippen LogP contribution in [0, 0.1) is 0 Å². The number of piperazine rings is 1. The number of pyridine rings is 1. The Morgan fingerprint density at radius 2 is 2.05 bits per heavy atom. The summed E-state index contributed by atoms with van der Waals surface area (Å²) < 4.78 is 0. The van der Waals surface area contributed by atoms with Gasteiger partial charge in [-0.1, -0.05) is 12.1 Å². The lowest BCUT2D eigenvalue weighted by Gasteiger charge is -2.34. The van der Waals surface area contributed by atoms with E-state index < -0.39 is 0 Å². The topological polar surface area (TPSA) is 36.4 Å². The van der Waals surface area contributed by atoms with E-state index in [9.17, 15) is 4.79 Å². The molecule has 0 aromatic carbocycles. The third kappa shape index (κ3) is 4.15. The second kappa shape index (κ2) is 7.51. The molecular formula is C17H21N3OS. The zero-order valence-electron chi connectivity index (χ0n) is 12.6. The van der Waals surface area contributed by atoms with Crippen molar-refractivity contribution in [2.45, 2.75) is 19.4 Å². The minimum absolute atomic E-state index is 0.264. The van der Waals surface area contributed by atoms with E-state index >= 15 is 0 Å². The lowest BCUT2D eigenvalue weighted by atomic mass is 10.1. The van der Waals surface area contributed by atoms with E-state index in [1.807, 2.05) is 23.2 Å². The van der Waals surface area contributed by atoms with Gasteiger partial charge in [-0.25, -0.2) is 0 Å². The van der Waals surface area contributed by atoms with Gasteiger partial charge in [0.05, 0.1) is 0 Å². The summed E-state index contributed by atoms with van der Waals surface area (Å²) in [6.07, 6.45) is 4.96. The maximum Gasteiger partial charge on any atom is 0.222 e. The average Bonchev–Trinajstić information content (AvgIpc) is 3.07. The van der Waals surface area contributed by atoms with Crippen LogP contribution in [-0.2, 0) is 17.8 Å².